The smallest absolute Gasteiger partial charge is 0.162 e. The third-order valence-corrected chi connectivity index (χ3v) is 5.06. The van der Waals surface area contributed by atoms with Crippen LogP contribution in [0.1, 0.15) is 19.3 Å². The summed E-state index contributed by atoms with van der Waals surface area (Å²) in [5, 5.41) is 1.16. The highest BCUT2D eigenvalue weighted by atomic mass is 127. The Labute approximate surface area is 162 Å². The molecule has 0 unspecified atom stereocenters. The molecular formula is C19H19ClIN3. The Bertz CT molecular complexity index is 830. The first-order valence-corrected chi connectivity index (χ1v) is 9.17. The van der Waals surface area contributed by atoms with Crippen molar-refractivity contribution < 1.29 is 0 Å². The zero-order valence-corrected chi connectivity index (χ0v) is 16.3. The number of anilines is 1. The molecule has 4 rings (SSSR count). The largest absolute Gasteiger partial charge is 0.356 e. The summed E-state index contributed by atoms with van der Waals surface area (Å²) >= 11 is 2.32. The Morgan fingerprint density at radius 1 is 0.833 bits per heavy atom. The maximum atomic E-state index is 4.94. The quantitative estimate of drug-likeness (QED) is 0.494. The highest BCUT2D eigenvalue weighted by molar-refractivity contribution is 14.1. The SMILES string of the molecule is Cl.Ic1ccc(-c2nc(N3CCCCC3)c3ccccc3n2)cc1. The van der Waals surface area contributed by atoms with Crippen LogP contribution in [-0.2, 0) is 0 Å². The van der Waals surface area contributed by atoms with Gasteiger partial charge in [-0.25, -0.2) is 9.97 Å². The molecule has 0 amide bonds. The van der Waals surface area contributed by atoms with Crippen molar-refractivity contribution in [2.45, 2.75) is 19.3 Å². The number of rotatable bonds is 2. The van der Waals surface area contributed by atoms with Gasteiger partial charge in [0.25, 0.3) is 0 Å². The van der Waals surface area contributed by atoms with Crippen LogP contribution < -0.4 is 4.90 Å². The molecule has 0 spiro atoms. The summed E-state index contributed by atoms with van der Waals surface area (Å²) in [7, 11) is 0. The molecule has 1 fully saturated rings. The van der Waals surface area contributed by atoms with Gasteiger partial charge in [0, 0.05) is 27.6 Å². The molecule has 124 valence electrons. The van der Waals surface area contributed by atoms with E-state index in [9.17, 15) is 0 Å². The fraction of sp³-hybridized carbons (Fsp3) is 0.263. The highest BCUT2D eigenvalue weighted by Crippen LogP contribution is 2.29. The molecule has 0 saturated carbocycles. The van der Waals surface area contributed by atoms with E-state index in [0.29, 0.717) is 0 Å². The molecular weight excluding hydrogens is 433 g/mol. The average molecular weight is 452 g/mol. The van der Waals surface area contributed by atoms with Crippen molar-refractivity contribution in [1.29, 1.82) is 0 Å². The van der Waals surface area contributed by atoms with E-state index in [1.54, 1.807) is 0 Å². The summed E-state index contributed by atoms with van der Waals surface area (Å²) in [6.07, 6.45) is 3.82. The Morgan fingerprint density at radius 3 is 2.29 bits per heavy atom. The lowest BCUT2D eigenvalue weighted by molar-refractivity contribution is 0.575. The molecule has 1 aromatic heterocycles. The molecule has 24 heavy (non-hydrogen) atoms. The summed E-state index contributed by atoms with van der Waals surface area (Å²) in [5.74, 6) is 1.91. The van der Waals surface area contributed by atoms with E-state index in [4.69, 9.17) is 9.97 Å². The summed E-state index contributed by atoms with van der Waals surface area (Å²) in [4.78, 5) is 12.1. The summed E-state index contributed by atoms with van der Waals surface area (Å²) in [6.45, 7) is 2.18. The molecule has 5 heteroatoms. The molecule has 0 atom stereocenters. The maximum absolute atomic E-state index is 4.94. The Balaban J connectivity index is 0.00000169. The van der Waals surface area contributed by atoms with E-state index in [2.05, 4.69) is 70.0 Å². The van der Waals surface area contributed by atoms with Crippen molar-refractivity contribution >= 4 is 51.7 Å². The molecule has 1 aliphatic heterocycles. The second kappa shape index (κ2) is 7.66. The minimum Gasteiger partial charge on any atom is -0.356 e. The molecule has 3 aromatic rings. The van der Waals surface area contributed by atoms with E-state index >= 15 is 0 Å². The molecule has 1 saturated heterocycles. The number of nitrogens with zero attached hydrogens (tertiary/aromatic N) is 3. The van der Waals surface area contributed by atoms with Crippen molar-refractivity contribution in [3.05, 3.63) is 52.1 Å². The number of halogens is 2. The molecule has 3 nitrogen and oxygen atoms in total. The fourth-order valence-corrected chi connectivity index (χ4v) is 3.49. The van der Waals surface area contributed by atoms with Gasteiger partial charge >= 0.3 is 0 Å². The number of aromatic nitrogens is 2. The summed E-state index contributed by atoms with van der Waals surface area (Å²) < 4.78 is 1.23. The second-order valence-electron chi connectivity index (χ2n) is 5.94. The van der Waals surface area contributed by atoms with Crippen molar-refractivity contribution in [3.8, 4) is 11.4 Å². The molecule has 2 heterocycles. The third kappa shape index (κ3) is 3.49. The van der Waals surface area contributed by atoms with E-state index in [1.165, 1.54) is 22.8 Å². The maximum Gasteiger partial charge on any atom is 0.162 e. The predicted octanol–water partition coefficient (Wildman–Crippen LogP) is 5.31. The first-order valence-electron chi connectivity index (χ1n) is 8.09. The van der Waals surface area contributed by atoms with Crippen LogP contribution in [-0.4, -0.2) is 23.1 Å². The van der Waals surface area contributed by atoms with Crippen molar-refractivity contribution in [1.82, 2.24) is 9.97 Å². The lowest BCUT2D eigenvalue weighted by atomic mass is 10.1. The number of piperidine rings is 1. The molecule has 0 radical (unpaired) electrons. The van der Waals surface area contributed by atoms with Gasteiger partial charge in [-0.15, -0.1) is 12.4 Å². The summed E-state index contributed by atoms with van der Waals surface area (Å²) in [5.41, 5.74) is 2.10. The van der Waals surface area contributed by atoms with Gasteiger partial charge in [-0.2, -0.15) is 0 Å². The monoisotopic (exact) mass is 451 g/mol. The Hall–Kier alpha value is -1.40. The number of para-hydroxylation sites is 1. The average Bonchev–Trinajstić information content (AvgIpc) is 2.62. The number of fused-ring (bicyclic) bond motifs is 1. The topological polar surface area (TPSA) is 29.0 Å². The van der Waals surface area contributed by atoms with E-state index in [-0.39, 0.29) is 12.4 Å². The zero-order chi connectivity index (χ0) is 15.6. The standard InChI is InChI=1S/C19H18IN3.ClH/c20-15-10-8-14(9-11-15)18-21-17-7-3-2-6-16(17)19(22-18)23-12-4-1-5-13-23;/h2-3,6-11H,1,4-5,12-13H2;1H. The predicted molar refractivity (Wildman–Crippen MR) is 111 cm³/mol. The van der Waals surface area contributed by atoms with Crippen LogP contribution in [0.2, 0.25) is 0 Å². The van der Waals surface area contributed by atoms with Gasteiger partial charge in [-0.05, 0) is 66.1 Å². The van der Waals surface area contributed by atoms with Gasteiger partial charge in [-0.1, -0.05) is 24.3 Å². The van der Waals surface area contributed by atoms with Gasteiger partial charge < -0.3 is 4.90 Å². The van der Waals surface area contributed by atoms with Crippen LogP contribution >= 0.6 is 35.0 Å². The van der Waals surface area contributed by atoms with Crippen molar-refractivity contribution in [2.24, 2.45) is 0 Å². The third-order valence-electron chi connectivity index (χ3n) is 4.34. The Kier molecular flexibility index (Phi) is 5.56. The lowest BCUT2D eigenvalue weighted by Gasteiger charge is -2.29. The van der Waals surface area contributed by atoms with Gasteiger partial charge in [0.15, 0.2) is 5.82 Å². The minimum atomic E-state index is 0. The normalized spacial score (nSPS) is 14.5. The fourth-order valence-electron chi connectivity index (χ4n) is 3.13. The molecule has 2 aromatic carbocycles. The zero-order valence-electron chi connectivity index (χ0n) is 13.3. The lowest BCUT2D eigenvalue weighted by Crippen LogP contribution is -2.30. The van der Waals surface area contributed by atoms with Gasteiger partial charge in [0.1, 0.15) is 5.82 Å². The van der Waals surface area contributed by atoms with E-state index < -0.39 is 0 Å². The molecule has 0 aliphatic carbocycles. The van der Waals surface area contributed by atoms with Crippen LogP contribution in [0.15, 0.2) is 48.5 Å². The first kappa shape index (κ1) is 17.4. The van der Waals surface area contributed by atoms with Crippen LogP contribution in [0, 0.1) is 3.57 Å². The van der Waals surface area contributed by atoms with Crippen LogP contribution in [0.4, 0.5) is 5.82 Å². The van der Waals surface area contributed by atoms with Gasteiger partial charge in [0.2, 0.25) is 0 Å². The molecule has 0 N–H and O–H groups in total. The number of hydrogen-bond donors (Lipinski definition) is 0. The number of hydrogen-bond acceptors (Lipinski definition) is 3. The molecule has 1 aliphatic rings. The highest BCUT2D eigenvalue weighted by Gasteiger charge is 2.17. The van der Waals surface area contributed by atoms with Crippen molar-refractivity contribution in [3.63, 3.8) is 0 Å². The van der Waals surface area contributed by atoms with Gasteiger partial charge in [-0.3, -0.25) is 0 Å². The van der Waals surface area contributed by atoms with E-state index in [0.717, 1.165) is 41.2 Å². The molecule has 0 bridgehead atoms. The van der Waals surface area contributed by atoms with Crippen molar-refractivity contribution in [2.75, 3.05) is 18.0 Å². The van der Waals surface area contributed by atoms with Crippen LogP contribution in [0.25, 0.3) is 22.3 Å². The number of benzene rings is 2. The minimum absolute atomic E-state index is 0. The Morgan fingerprint density at radius 2 is 1.54 bits per heavy atom. The van der Waals surface area contributed by atoms with Crippen LogP contribution in [0.3, 0.4) is 0 Å². The second-order valence-corrected chi connectivity index (χ2v) is 7.19. The van der Waals surface area contributed by atoms with Crippen LogP contribution in [0.5, 0.6) is 0 Å². The van der Waals surface area contributed by atoms with Gasteiger partial charge in [0.05, 0.1) is 5.52 Å². The first-order chi connectivity index (χ1) is 11.3. The summed E-state index contributed by atoms with van der Waals surface area (Å²) in [6, 6.07) is 16.8. The van der Waals surface area contributed by atoms with E-state index in [1.807, 2.05) is 6.07 Å².